The molecule has 0 unspecified atom stereocenters. The van der Waals surface area contributed by atoms with E-state index >= 15 is 0 Å². The van der Waals surface area contributed by atoms with Crippen LogP contribution in [0.5, 0.6) is 17.2 Å². The maximum Gasteiger partial charge on any atom is 0.161 e. The first-order valence-corrected chi connectivity index (χ1v) is 8.18. The van der Waals surface area contributed by atoms with Gasteiger partial charge in [-0.2, -0.15) is 0 Å². The molecule has 4 heteroatoms. The van der Waals surface area contributed by atoms with E-state index in [0.29, 0.717) is 19.0 Å². The zero-order valence-corrected chi connectivity index (χ0v) is 13.6. The highest BCUT2D eigenvalue weighted by Gasteiger charge is 2.25. The van der Waals surface area contributed by atoms with E-state index < -0.39 is 0 Å². The minimum absolute atomic E-state index is 0.0326. The van der Waals surface area contributed by atoms with Crippen molar-refractivity contribution >= 4 is 0 Å². The Morgan fingerprint density at radius 3 is 2.43 bits per heavy atom. The topological polar surface area (TPSA) is 50.7 Å². The molecule has 1 aliphatic rings. The van der Waals surface area contributed by atoms with Gasteiger partial charge in [0.1, 0.15) is 5.75 Å². The Morgan fingerprint density at radius 1 is 1.04 bits per heavy atom. The molecule has 2 aromatic carbocycles. The third-order valence-corrected chi connectivity index (χ3v) is 4.11. The summed E-state index contributed by atoms with van der Waals surface area (Å²) in [5.74, 6) is 1.87. The minimum atomic E-state index is -0.0326. The number of benzene rings is 2. The van der Waals surface area contributed by atoms with E-state index in [4.69, 9.17) is 9.47 Å². The first kappa shape index (κ1) is 15.7. The highest BCUT2D eigenvalue weighted by atomic mass is 16.5. The number of ether oxygens (including phenoxy) is 2. The fraction of sp³-hybridized carbons (Fsp3) is 0.368. The van der Waals surface area contributed by atoms with Crippen LogP contribution in [-0.2, 0) is 6.42 Å². The van der Waals surface area contributed by atoms with E-state index in [1.165, 1.54) is 5.56 Å². The van der Waals surface area contributed by atoms with Crippen molar-refractivity contribution in [3.63, 3.8) is 0 Å². The van der Waals surface area contributed by atoms with E-state index in [1.54, 1.807) is 6.07 Å². The van der Waals surface area contributed by atoms with Gasteiger partial charge in [-0.05, 0) is 49.6 Å². The van der Waals surface area contributed by atoms with Gasteiger partial charge in [-0.15, -0.1) is 0 Å². The summed E-state index contributed by atoms with van der Waals surface area (Å²) >= 11 is 0. The predicted molar refractivity (Wildman–Crippen MR) is 90.4 cm³/mol. The summed E-state index contributed by atoms with van der Waals surface area (Å²) in [6.45, 7) is 6.01. The molecule has 23 heavy (non-hydrogen) atoms. The van der Waals surface area contributed by atoms with Crippen molar-refractivity contribution in [1.82, 2.24) is 5.32 Å². The van der Waals surface area contributed by atoms with Crippen molar-refractivity contribution in [1.29, 1.82) is 0 Å². The van der Waals surface area contributed by atoms with E-state index in [-0.39, 0.29) is 6.04 Å². The number of hydrogen-bond acceptors (Lipinski definition) is 4. The predicted octanol–water partition coefficient (Wildman–Crippen LogP) is 3.42. The molecule has 0 spiro atoms. The molecule has 0 saturated carbocycles. The largest absolute Gasteiger partial charge is 0.508 e. The number of phenolic OH excluding ortho intramolecular Hbond substituents is 1. The molecule has 1 aliphatic heterocycles. The Bertz CT molecular complexity index is 684. The summed E-state index contributed by atoms with van der Waals surface area (Å²) in [6, 6.07) is 11.6. The molecule has 2 aromatic rings. The van der Waals surface area contributed by atoms with Crippen molar-refractivity contribution in [2.24, 2.45) is 0 Å². The van der Waals surface area contributed by atoms with Gasteiger partial charge in [0.15, 0.2) is 11.5 Å². The van der Waals surface area contributed by atoms with Gasteiger partial charge < -0.3 is 19.9 Å². The zero-order chi connectivity index (χ0) is 16.2. The molecular weight excluding hydrogens is 290 g/mol. The smallest absolute Gasteiger partial charge is 0.161 e. The number of rotatable bonds is 5. The van der Waals surface area contributed by atoms with E-state index in [1.807, 2.05) is 38.1 Å². The average Bonchev–Trinajstić information content (AvgIpc) is 2.56. The molecule has 3 rings (SSSR count). The van der Waals surface area contributed by atoms with Crippen LogP contribution >= 0.6 is 0 Å². The number of phenols is 1. The van der Waals surface area contributed by atoms with Crippen LogP contribution in [0.2, 0.25) is 0 Å². The summed E-state index contributed by atoms with van der Waals surface area (Å²) < 4.78 is 11.5. The summed E-state index contributed by atoms with van der Waals surface area (Å²) in [5.41, 5.74) is 3.27. The SMILES string of the molecule is CCOc1cc2c(cc1OCC)[C@H](c1ccccc1O)NCC2. The molecule has 0 aliphatic carbocycles. The van der Waals surface area contributed by atoms with Gasteiger partial charge in [0, 0.05) is 12.1 Å². The van der Waals surface area contributed by atoms with Crippen LogP contribution in [0.15, 0.2) is 36.4 Å². The highest BCUT2D eigenvalue weighted by Crippen LogP contribution is 2.39. The fourth-order valence-electron chi connectivity index (χ4n) is 3.11. The minimum Gasteiger partial charge on any atom is -0.508 e. The Labute approximate surface area is 137 Å². The normalized spacial score (nSPS) is 16.7. The summed E-state index contributed by atoms with van der Waals surface area (Å²) in [4.78, 5) is 0. The second-order valence-corrected chi connectivity index (χ2v) is 5.56. The number of nitrogens with one attached hydrogen (secondary N) is 1. The van der Waals surface area contributed by atoms with Crippen LogP contribution in [0.1, 0.15) is 36.6 Å². The van der Waals surface area contributed by atoms with E-state index in [0.717, 1.165) is 35.6 Å². The maximum absolute atomic E-state index is 10.2. The molecule has 0 amide bonds. The molecular formula is C19H23NO3. The second kappa shape index (κ2) is 6.92. The molecule has 0 bridgehead atoms. The molecule has 1 atom stereocenters. The van der Waals surface area contributed by atoms with Crippen LogP contribution in [0, 0.1) is 0 Å². The lowest BCUT2D eigenvalue weighted by molar-refractivity contribution is 0.286. The van der Waals surface area contributed by atoms with Crippen molar-refractivity contribution in [3.05, 3.63) is 53.1 Å². The van der Waals surface area contributed by atoms with Crippen molar-refractivity contribution in [2.75, 3.05) is 19.8 Å². The number of fused-ring (bicyclic) bond motifs is 1. The van der Waals surface area contributed by atoms with Crippen LogP contribution in [0.25, 0.3) is 0 Å². The van der Waals surface area contributed by atoms with Gasteiger partial charge in [-0.25, -0.2) is 0 Å². The lowest BCUT2D eigenvalue weighted by Gasteiger charge is -2.29. The molecule has 4 nitrogen and oxygen atoms in total. The van der Waals surface area contributed by atoms with Crippen molar-refractivity contribution < 1.29 is 14.6 Å². The van der Waals surface area contributed by atoms with Gasteiger partial charge >= 0.3 is 0 Å². The van der Waals surface area contributed by atoms with E-state index in [9.17, 15) is 5.11 Å². The first-order valence-electron chi connectivity index (χ1n) is 8.18. The van der Waals surface area contributed by atoms with Crippen molar-refractivity contribution in [2.45, 2.75) is 26.3 Å². The van der Waals surface area contributed by atoms with Crippen LogP contribution in [0.3, 0.4) is 0 Å². The standard InChI is InChI=1S/C19H23NO3/c1-3-22-17-11-13-9-10-20-19(14-7-5-6-8-16(14)21)15(13)12-18(17)23-4-2/h5-8,11-12,19-21H,3-4,9-10H2,1-2H3/t19-/m0/s1. The van der Waals surface area contributed by atoms with Gasteiger partial charge in [-0.3, -0.25) is 0 Å². The molecule has 122 valence electrons. The van der Waals surface area contributed by atoms with Crippen LogP contribution in [0.4, 0.5) is 0 Å². The number of para-hydroxylation sites is 1. The van der Waals surface area contributed by atoms with Gasteiger partial charge in [0.2, 0.25) is 0 Å². The summed E-state index contributed by atoms with van der Waals surface area (Å²) in [6.07, 6.45) is 0.936. The van der Waals surface area contributed by atoms with Gasteiger partial charge in [0.25, 0.3) is 0 Å². The molecule has 1 heterocycles. The third kappa shape index (κ3) is 3.13. The Balaban J connectivity index is 2.07. The summed E-state index contributed by atoms with van der Waals surface area (Å²) in [5, 5.41) is 13.7. The molecule has 0 aromatic heterocycles. The Morgan fingerprint density at radius 2 is 1.74 bits per heavy atom. The van der Waals surface area contributed by atoms with Crippen molar-refractivity contribution in [3.8, 4) is 17.2 Å². The average molecular weight is 313 g/mol. The molecule has 2 N–H and O–H groups in total. The zero-order valence-electron chi connectivity index (χ0n) is 13.6. The monoisotopic (exact) mass is 313 g/mol. The quantitative estimate of drug-likeness (QED) is 0.888. The van der Waals surface area contributed by atoms with Crippen LogP contribution in [-0.4, -0.2) is 24.9 Å². The molecule has 0 radical (unpaired) electrons. The number of hydrogen-bond donors (Lipinski definition) is 2. The third-order valence-electron chi connectivity index (χ3n) is 4.11. The Kier molecular flexibility index (Phi) is 4.72. The summed E-state index contributed by atoms with van der Waals surface area (Å²) in [7, 11) is 0. The van der Waals surface area contributed by atoms with E-state index in [2.05, 4.69) is 11.4 Å². The van der Waals surface area contributed by atoms with Gasteiger partial charge in [-0.1, -0.05) is 18.2 Å². The van der Waals surface area contributed by atoms with Crippen LogP contribution < -0.4 is 14.8 Å². The first-order chi connectivity index (χ1) is 11.2. The lowest BCUT2D eigenvalue weighted by Crippen LogP contribution is -2.30. The maximum atomic E-state index is 10.2. The second-order valence-electron chi connectivity index (χ2n) is 5.56. The fourth-order valence-corrected chi connectivity index (χ4v) is 3.11. The highest BCUT2D eigenvalue weighted by molar-refractivity contribution is 5.53. The Hall–Kier alpha value is -2.20. The van der Waals surface area contributed by atoms with Gasteiger partial charge in [0.05, 0.1) is 19.3 Å². The molecule has 0 fully saturated rings. The number of aromatic hydroxyl groups is 1. The lowest BCUT2D eigenvalue weighted by atomic mass is 9.89. The molecule has 0 saturated heterocycles.